The molecule has 1 amide bonds. The molecule has 0 radical (unpaired) electrons. The van der Waals surface area contributed by atoms with Crippen LogP contribution in [0.3, 0.4) is 0 Å². The van der Waals surface area contributed by atoms with Gasteiger partial charge < -0.3 is 10.3 Å². The summed E-state index contributed by atoms with van der Waals surface area (Å²) < 4.78 is 0. The number of rotatable bonds is 6. The van der Waals surface area contributed by atoms with E-state index in [0.717, 1.165) is 30.5 Å². The lowest BCUT2D eigenvalue weighted by atomic mass is 10.1. The van der Waals surface area contributed by atoms with E-state index in [0.29, 0.717) is 6.42 Å². The first-order chi connectivity index (χ1) is 13.6. The maximum atomic E-state index is 12.3. The Balaban J connectivity index is 1.43. The number of hydrogen-bond donors (Lipinski definition) is 2. The standard InChI is InChI=1S/C25H26N2O/c1-3-19-7-5-8-22-21-15-14-20(16-23(21)27-25(19)22)26-24(28)9-4-6-18-12-10-17(2)11-13-18/h5,7-8,10-16,27H,3-4,6,9H2,1-2H3,(H,26,28). The van der Waals surface area contributed by atoms with Crippen LogP contribution < -0.4 is 5.32 Å². The van der Waals surface area contributed by atoms with Gasteiger partial charge in [-0.3, -0.25) is 4.79 Å². The van der Waals surface area contributed by atoms with Gasteiger partial charge in [0.15, 0.2) is 0 Å². The second-order valence-corrected chi connectivity index (χ2v) is 7.47. The van der Waals surface area contributed by atoms with Crippen LogP contribution in [0.25, 0.3) is 21.8 Å². The van der Waals surface area contributed by atoms with Gasteiger partial charge in [-0.15, -0.1) is 0 Å². The first kappa shape index (κ1) is 18.3. The highest BCUT2D eigenvalue weighted by molar-refractivity contribution is 6.09. The number of aromatic amines is 1. The smallest absolute Gasteiger partial charge is 0.224 e. The summed E-state index contributed by atoms with van der Waals surface area (Å²) in [5.41, 5.74) is 6.97. The number of H-pyrrole nitrogens is 1. The molecule has 0 aliphatic rings. The number of nitrogens with one attached hydrogen (secondary N) is 2. The first-order valence-corrected chi connectivity index (χ1v) is 10.0. The van der Waals surface area contributed by atoms with Gasteiger partial charge in [-0.05, 0) is 49.4 Å². The number of amides is 1. The zero-order valence-electron chi connectivity index (χ0n) is 16.5. The zero-order valence-corrected chi connectivity index (χ0v) is 16.5. The topological polar surface area (TPSA) is 44.9 Å². The molecule has 0 saturated heterocycles. The Bertz CT molecular complexity index is 1120. The van der Waals surface area contributed by atoms with Crippen LogP contribution in [0.2, 0.25) is 0 Å². The summed E-state index contributed by atoms with van der Waals surface area (Å²) >= 11 is 0. The van der Waals surface area contributed by atoms with E-state index < -0.39 is 0 Å². The molecule has 3 heteroatoms. The Morgan fingerprint density at radius 2 is 1.82 bits per heavy atom. The molecule has 0 atom stereocenters. The predicted octanol–water partition coefficient (Wildman–Crippen LogP) is 6.15. The van der Waals surface area contributed by atoms with Crippen molar-refractivity contribution in [1.29, 1.82) is 0 Å². The largest absolute Gasteiger partial charge is 0.354 e. The Morgan fingerprint density at radius 3 is 2.61 bits per heavy atom. The van der Waals surface area contributed by atoms with Crippen LogP contribution in [0, 0.1) is 6.92 Å². The minimum Gasteiger partial charge on any atom is -0.354 e. The van der Waals surface area contributed by atoms with Gasteiger partial charge in [0.2, 0.25) is 5.91 Å². The Hall–Kier alpha value is -3.07. The molecule has 0 bridgehead atoms. The van der Waals surface area contributed by atoms with Gasteiger partial charge in [0, 0.05) is 33.9 Å². The maximum absolute atomic E-state index is 12.3. The maximum Gasteiger partial charge on any atom is 0.224 e. The van der Waals surface area contributed by atoms with Crippen molar-refractivity contribution in [2.45, 2.75) is 39.5 Å². The van der Waals surface area contributed by atoms with Crippen LogP contribution in [0.15, 0.2) is 60.7 Å². The van der Waals surface area contributed by atoms with Crippen LogP contribution in [0.5, 0.6) is 0 Å². The number of carbonyl (C=O) groups excluding carboxylic acids is 1. The number of carbonyl (C=O) groups is 1. The molecule has 1 aromatic heterocycles. The molecule has 0 aliphatic heterocycles. The number of aryl methyl sites for hydroxylation is 3. The van der Waals surface area contributed by atoms with E-state index >= 15 is 0 Å². The van der Waals surface area contributed by atoms with Gasteiger partial charge in [0.1, 0.15) is 0 Å². The van der Waals surface area contributed by atoms with E-state index in [1.807, 2.05) is 12.1 Å². The first-order valence-electron chi connectivity index (χ1n) is 10.0. The van der Waals surface area contributed by atoms with Crippen molar-refractivity contribution in [2.24, 2.45) is 0 Å². The molecule has 4 rings (SSSR count). The summed E-state index contributed by atoms with van der Waals surface area (Å²) in [4.78, 5) is 15.9. The molecule has 3 nitrogen and oxygen atoms in total. The lowest BCUT2D eigenvalue weighted by Crippen LogP contribution is -2.11. The molecule has 0 fully saturated rings. The lowest BCUT2D eigenvalue weighted by Gasteiger charge is -2.06. The Labute approximate surface area is 165 Å². The van der Waals surface area contributed by atoms with Gasteiger partial charge in [0.25, 0.3) is 0 Å². The van der Waals surface area contributed by atoms with Crippen LogP contribution in [0.4, 0.5) is 5.69 Å². The van der Waals surface area contributed by atoms with Crippen LogP contribution in [-0.4, -0.2) is 10.9 Å². The molecule has 4 aromatic rings. The molecular weight excluding hydrogens is 344 g/mol. The molecular formula is C25H26N2O. The normalized spacial score (nSPS) is 11.2. The summed E-state index contributed by atoms with van der Waals surface area (Å²) in [5, 5.41) is 5.48. The van der Waals surface area contributed by atoms with Crippen molar-refractivity contribution >= 4 is 33.4 Å². The number of aromatic nitrogens is 1. The number of anilines is 1. The number of fused-ring (bicyclic) bond motifs is 3. The molecule has 0 aliphatic carbocycles. The summed E-state index contributed by atoms with van der Waals surface area (Å²) in [6, 6.07) is 21.1. The molecule has 1 heterocycles. The average molecular weight is 370 g/mol. The fraction of sp³-hybridized carbons (Fsp3) is 0.240. The van der Waals surface area contributed by atoms with Crippen LogP contribution in [0.1, 0.15) is 36.5 Å². The second-order valence-electron chi connectivity index (χ2n) is 7.47. The third-order valence-corrected chi connectivity index (χ3v) is 5.37. The molecule has 142 valence electrons. The number of para-hydroxylation sites is 1. The average Bonchev–Trinajstić information content (AvgIpc) is 3.07. The molecule has 0 spiro atoms. The minimum atomic E-state index is 0.0665. The van der Waals surface area contributed by atoms with Gasteiger partial charge in [-0.1, -0.05) is 61.0 Å². The van der Waals surface area contributed by atoms with E-state index in [4.69, 9.17) is 0 Å². The van der Waals surface area contributed by atoms with E-state index in [1.54, 1.807) is 0 Å². The van der Waals surface area contributed by atoms with E-state index in [9.17, 15) is 4.79 Å². The highest BCUT2D eigenvalue weighted by Crippen LogP contribution is 2.29. The second kappa shape index (κ2) is 7.89. The van der Waals surface area contributed by atoms with E-state index in [1.165, 1.54) is 33.0 Å². The number of benzene rings is 3. The van der Waals surface area contributed by atoms with Gasteiger partial charge in [-0.25, -0.2) is 0 Å². The van der Waals surface area contributed by atoms with E-state index in [-0.39, 0.29) is 5.91 Å². The Kier molecular flexibility index (Phi) is 5.16. The minimum absolute atomic E-state index is 0.0665. The van der Waals surface area contributed by atoms with Crippen LogP contribution >= 0.6 is 0 Å². The summed E-state index contributed by atoms with van der Waals surface area (Å²) in [6.45, 7) is 4.26. The fourth-order valence-corrected chi connectivity index (χ4v) is 3.79. The SMILES string of the molecule is CCc1cccc2c1[nH]c1cc(NC(=O)CCCc3ccc(C)cc3)ccc12. The number of hydrogen-bond acceptors (Lipinski definition) is 1. The van der Waals surface area contributed by atoms with Crippen molar-refractivity contribution in [1.82, 2.24) is 4.98 Å². The van der Waals surface area contributed by atoms with Crippen molar-refractivity contribution in [3.8, 4) is 0 Å². The Morgan fingerprint density at radius 1 is 1.00 bits per heavy atom. The van der Waals surface area contributed by atoms with Gasteiger partial charge >= 0.3 is 0 Å². The molecule has 0 unspecified atom stereocenters. The lowest BCUT2D eigenvalue weighted by molar-refractivity contribution is -0.116. The van der Waals surface area contributed by atoms with Gasteiger partial charge in [0.05, 0.1) is 0 Å². The summed E-state index contributed by atoms with van der Waals surface area (Å²) in [6.07, 6.45) is 3.30. The molecule has 3 aromatic carbocycles. The van der Waals surface area contributed by atoms with E-state index in [2.05, 4.69) is 72.7 Å². The quantitative estimate of drug-likeness (QED) is 0.420. The fourth-order valence-electron chi connectivity index (χ4n) is 3.79. The zero-order chi connectivity index (χ0) is 19.5. The third-order valence-electron chi connectivity index (χ3n) is 5.37. The van der Waals surface area contributed by atoms with Gasteiger partial charge in [-0.2, -0.15) is 0 Å². The molecule has 28 heavy (non-hydrogen) atoms. The van der Waals surface area contributed by atoms with Crippen molar-refractivity contribution in [2.75, 3.05) is 5.32 Å². The highest BCUT2D eigenvalue weighted by Gasteiger charge is 2.09. The van der Waals surface area contributed by atoms with Crippen molar-refractivity contribution in [3.05, 3.63) is 77.4 Å². The van der Waals surface area contributed by atoms with Crippen LogP contribution in [-0.2, 0) is 17.6 Å². The van der Waals surface area contributed by atoms with Crippen molar-refractivity contribution < 1.29 is 4.79 Å². The molecule has 0 saturated carbocycles. The molecule has 2 N–H and O–H groups in total. The summed E-state index contributed by atoms with van der Waals surface area (Å²) in [5.74, 6) is 0.0665. The monoisotopic (exact) mass is 370 g/mol. The predicted molar refractivity (Wildman–Crippen MR) is 118 cm³/mol. The summed E-state index contributed by atoms with van der Waals surface area (Å²) in [7, 11) is 0. The third kappa shape index (κ3) is 3.79. The highest BCUT2D eigenvalue weighted by atomic mass is 16.1. The van der Waals surface area contributed by atoms with Crippen molar-refractivity contribution in [3.63, 3.8) is 0 Å².